The molecule has 1 aliphatic heterocycles. The number of hydrogen-bond acceptors (Lipinski definition) is 2. The van der Waals surface area contributed by atoms with Gasteiger partial charge in [-0.1, -0.05) is 46.0 Å². The summed E-state index contributed by atoms with van der Waals surface area (Å²) in [5, 5.41) is 3.74. The van der Waals surface area contributed by atoms with Crippen LogP contribution >= 0.6 is 0 Å². The number of likely N-dealkylation sites (N-methyl/N-ethyl adjacent to an activating group) is 1. The first-order valence-corrected chi connectivity index (χ1v) is 7.82. The molecule has 2 heteroatoms. The molecule has 0 aromatic heterocycles. The van der Waals surface area contributed by atoms with Crippen LogP contribution in [0.5, 0.6) is 0 Å². The predicted molar refractivity (Wildman–Crippen MR) is 76.5 cm³/mol. The van der Waals surface area contributed by atoms with Crippen molar-refractivity contribution in [2.75, 3.05) is 26.2 Å². The molecule has 1 rings (SSSR count). The standard InChI is InChI=1S/C15H32N2/c1-3-5-6-7-8-9-12-16-15-11-10-13-17(4-2)14-15/h15-16H,3-14H2,1-2H3. The van der Waals surface area contributed by atoms with E-state index in [0.29, 0.717) is 0 Å². The molecule has 0 radical (unpaired) electrons. The first kappa shape index (κ1) is 15.0. The molecule has 0 saturated carbocycles. The fourth-order valence-corrected chi connectivity index (χ4v) is 2.72. The summed E-state index contributed by atoms with van der Waals surface area (Å²) in [6, 6.07) is 0.763. The Morgan fingerprint density at radius 2 is 1.82 bits per heavy atom. The number of nitrogens with one attached hydrogen (secondary N) is 1. The summed E-state index contributed by atoms with van der Waals surface area (Å²) in [6.07, 6.45) is 11.2. The van der Waals surface area contributed by atoms with E-state index in [1.807, 2.05) is 0 Å². The van der Waals surface area contributed by atoms with E-state index in [0.717, 1.165) is 6.04 Å². The third kappa shape index (κ3) is 7.05. The molecule has 1 aliphatic rings. The highest BCUT2D eigenvalue weighted by Crippen LogP contribution is 2.10. The highest BCUT2D eigenvalue weighted by molar-refractivity contribution is 4.77. The van der Waals surface area contributed by atoms with E-state index >= 15 is 0 Å². The lowest BCUT2D eigenvalue weighted by Gasteiger charge is -2.32. The Hall–Kier alpha value is -0.0800. The second-order valence-corrected chi connectivity index (χ2v) is 5.45. The summed E-state index contributed by atoms with van der Waals surface area (Å²) in [6.45, 7) is 9.59. The Morgan fingerprint density at radius 3 is 2.59 bits per heavy atom. The van der Waals surface area contributed by atoms with Crippen molar-refractivity contribution >= 4 is 0 Å². The molecule has 1 saturated heterocycles. The van der Waals surface area contributed by atoms with Crippen LogP contribution in [0.2, 0.25) is 0 Å². The normalized spacial score (nSPS) is 21.9. The summed E-state index contributed by atoms with van der Waals surface area (Å²) in [5.74, 6) is 0. The second-order valence-electron chi connectivity index (χ2n) is 5.45. The number of unbranched alkanes of at least 4 members (excludes halogenated alkanes) is 5. The lowest BCUT2D eigenvalue weighted by molar-refractivity contribution is 0.199. The van der Waals surface area contributed by atoms with Gasteiger partial charge in [-0.15, -0.1) is 0 Å². The van der Waals surface area contributed by atoms with Gasteiger partial charge in [0.2, 0.25) is 0 Å². The van der Waals surface area contributed by atoms with Crippen molar-refractivity contribution in [1.29, 1.82) is 0 Å². The Kier molecular flexibility index (Phi) is 8.72. The predicted octanol–water partition coefficient (Wildman–Crippen LogP) is 3.42. The van der Waals surface area contributed by atoms with Gasteiger partial charge in [0.05, 0.1) is 0 Å². The molecule has 0 aromatic carbocycles. The molecule has 0 aromatic rings. The fourth-order valence-electron chi connectivity index (χ4n) is 2.72. The summed E-state index contributed by atoms with van der Waals surface area (Å²) >= 11 is 0. The van der Waals surface area contributed by atoms with Crippen LogP contribution in [0.15, 0.2) is 0 Å². The third-order valence-electron chi connectivity index (χ3n) is 3.92. The summed E-state index contributed by atoms with van der Waals surface area (Å²) in [4.78, 5) is 2.57. The van der Waals surface area contributed by atoms with Crippen LogP contribution in [-0.2, 0) is 0 Å². The van der Waals surface area contributed by atoms with Crippen LogP contribution in [0.4, 0.5) is 0 Å². The molecule has 0 amide bonds. The van der Waals surface area contributed by atoms with Crippen molar-refractivity contribution in [3.8, 4) is 0 Å². The maximum absolute atomic E-state index is 3.74. The van der Waals surface area contributed by atoms with Gasteiger partial charge in [0.1, 0.15) is 0 Å². The topological polar surface area (TPSA) is 15.3 Å². The van der Waals surface area contributed by atoms with Crippen LogP contribution in [-0.4, -0.2) is 37.1 Å². The van der Waals surface area contributed by atoms with Gasteiger partial charge >= 0.3 is 0 Å². The molecule has 0 spiro atoms. The van der Waals surface area contributed by atoms with Gasteiger partial charge in [0, 0.05) is 12.6 Å². The van der Waals surface area contributed by atoms with Crippen LogP contribution in [0.3, 0.4) is 0 Å². The lowest BCUT2D eigenvalue weighted by atomic mass is 10.1. The van der Waals surface area contributed by atoms with Gasteiger partial charge in [-0.3, -0.25) is 0 Å². The molecule has 0 bridgehead atoms. The first-order valence-electron chi connectivity index (χ1n) is 7.82. The van der Waals surface area contributed by atoms with E-state index in [-0.39, 0.29) is 0 Å². The van der Waals surface area contributed by atoms with Crippen molar-refractivity contribution in [2.24, 2.45) is 0 Å². The zero-order valence-electron chi connectivity index (χ0n) is 12.0. The van der Waals surface area contributed by atoms with Crippen LogP contribution in [0.1, 0.15) is 65.2 Å². The molecule has 1 fully saturated rings. The van der Waals surface area contributed by atoms with E-state index in [1.54, 1.807) is 0 Å². The molecule has 2 nitrogen and oxygen atoms in total. The third-order valence-corrected chi connectivity index (χ3v) is 3.92. The van der Waals surface area contributed by atoms with Gasteiger partial charge in [-0.2, -0.15) is 0 Å². The molecule has 0 aliphatic carbocycles. The zero-order valence-corrected chi connectivity index (χ0v) is 12.0. The van der Waals surface area contributed by atoms with Crippen LogP contribution < -0.4 is 5.32 Å². The van der Waals surface area contributed by atoms with Crippen molar-refractivity contribution in [2.45, 2.75) is 71.3 Å². The van der Waals surface area contributed by atoms with Gasteiger partial charge in [0.15, 0.2) is 0 Å². The summed E-state index contributed by atoms with van der Waals surface area (Å²) in [7, 11) is 0. The van der Waals surface area contributed by atoms with E-state index in [4.69, 9.17) is 0 Å². The fraction of sp³-hybridized carbons (Fsp3) is 1.00. The van der Waals surface area contributed by atoms with Crippen molar-refractivity contribution < 1.29 is 0 Å². The molecular formula is C15H32N2. The molecule has 1 N–H and O–H groups in total. The Labute approximate surface area is 108 Å². The quantitative estimate of drug-likeness (QED) is 0.621. The van der Waals surface area contributed by atoms with Crippen molar-refractivity contribution in [3.05, 3.63) is 0 Å². The highest BCUT2D eigenvalue weighted by Gasteiger charge is 2.17. The summed E-state index contributed by atoms with van der Waals surface area (Å²) < 4.78 is 0. The number of likely N-dealkylation sites (tertiary alicyclic amines) is 1. The SMILES string of the molecule is CCCCCCCCNC1CCCN(CC)C1. The van der Waals surface area contributed by atoms with Crippen LogP contribution in [0, 0.1) is 0 Å². The first-order chi connectivity index (χ1) is 8.36. The van der Waals surface area contributed by atoms with Crippen molar-refractivity contribution in [1.82, 2.24) is 10.2 Å². The van der Waals surface area contributed by atoms with Gasteiger partial charge < -0.3 is 10.2 Å². The Balaban J connectivity index is 1.91. The average Bonchev–Trinajstić information content (AvgIpc) is 2.38. The maximum Gasteiger partial charge on any atom is 0.0195 e. The highest BCUT2D eigenvalue weighted by atomic mass is 15.2. The Bertz CT molecular complexity index is 170. The van der Waals surface area contributed by atoms with Gasteiger partial charge in [0.25, 0.3) is 0 Å². The molecule has 17 heavy (non-hydrogen) atoms. The monoisotopic (exact) mass is 240 g/mol. The second kappa shape index (κ2) is 9.90. The Morgan fingerprint density at radius 1 is 1.06 bits per heavy atom. The number of piperidine rings is 1. The molecular weight excluding hydrogens is 208 g/mol. The lowest BCUT2D eigenvalue weighted by Crippen LogP contribution is -2.45. The average molecular weight is 240 g/mol. The van der Waals surface area contributed by atoms with E-state index < -0.39 is 0 Å². The number of hydrogen-bond donors (Lipinski definition) is 1. The molecule has 1 unspecified atom stereocenters. The molecule has 1 atom stereocenters. The number of nitrogens with zero attached hydrogens (tertiary/aromatic N) is 1. The molecule has 1 heterocycles. The minimum absolute atomic E-state index is 0.763. The van der Waals surface area contributed by atoms with Gasteiger partial charge in [-0.05, 0) is 38.9 Å². The van der Waals surface area contributed by atoms with Crippen LogP contribution in [0.25, 0.3) is 0 Å². The maximum atomic E-state index is 3.74. The zero-order chi connectivity index (χ0) is 12.3. The van der Waals surface area contributed by atoms with E-state index in [1.165, 1.54) is 77.5 Å². The minimum Gasteiger partial charge on any atom is -0.313 e. The smallest absolute Gasteiger partial charge is 0.0195 e. The largest absolute Gasteiger partial charge is 0.313 e. The molecule has 102 valence electrons. The van der Waals surface area contributed by atoms with E-state index in [9.17, 15) is 0 Å². The summed E-state index contributed by atoms with van der Waals surface area (Å²) in [5.41, 5.74) is 0. The van der Waals surface area contributed by atoms with E-state index in [2.05, 4.69) is 24.1 Å². The van der Waals surface area contributed by atoms with Gasteiger partial charge in [-0.25, -0.2) is 0 Å². The minimum atomic E-state index is 0.763. The van der Waals surface area contributed by atoms with Crippen molar-refractivity contribution in [3.63, 3.8) is 0 Å². The number of rotatable bonds is 9.